The molecule has 0 radical (unpaired) electrons. The summed E-state index contributed by atoms with van der Waals surface area (Å²) in [5, 5.41) is 3.22. The summed E-state index contributed by atoms with van der Waals surface area (Å²) in [4.78, 5) is 3.16. The molecule has 6 aromatic rings. The van der Waals surface area contributed by atoms with E-state index in [1.165, 1.54) is 36.0 Å². The third-order valence-corrected chi connectivity index (χ3v) is 16.4. The van der Waals surface area contributed by atoms with Crippen molar-refractivity contribution in [1.82, 2.24) is 4.57 Å². The predicted molar refractivity (Wildman–Crippen MR) is 256 cm³/mol. The van der Waals surface area contributed by atoms with E-state index in [1.807, 2.05) is 70.7 Å². The van der Waals surface area contributed by atoms with Crippen LogP contribution in [0.5, 0.6) is 0 Å². The molecule has 11 nitrogen and oxygen atoms in total. The Labute approximate surface area is 391 Å². The van der Waals surface area contributed by atoms with E-state index in [0.29, 0.717) is 71.2 Å². The Morgan fingerprint density at radius 3 is 1.97 bits per heavy atom. The number of hydrogen-bond donors (Lipinski definition) is 2. The number of sulfone groups is 2. The van der Waals surface area contributed by atoms with Gasteiger partial charge in [0.15, 0.2) is 9.84 Å². The van der Waals surface area contributed by atoms with Crippen LogP contribution >= 0.6 is 23.4 Å². The summed E-state index contributed by atoms with van der Waals surface area (Å²) >= 11 is 7.62. The molecular formula is C46H46ClF4N5O6S4. The number of sulfonamides is 1. The van der Waals surface area contributed by atoms with Crippen LogP contribution in [0.3, 0.4) is 0 Å². The molecule has 66 heavy (non-hydrogen) atoms. The molecule has 0 spiro atoms. The Morgan fingerprint density at radius 2 is 1.38 bits per heavy atom. The lowest BCUT2D eigenvalue weighted by Gasteiger charge is -2.37. The van der Waals surface area contributed by atoms with Gasteiger partial charge in [-0.15, -0.1) is 11.8 Å². The van der Waals surface area contributed by atoms with Crippen LogP contribution in [0.25, 0.3) is 22.4 Å². The zero-order valence-corrected chi connectivity index (χ0v) is 40.1. The maximum absolute atomic E-state index is 15.7. The summed E-state index contributed by atoms with van der Waals surface area (Å²) in [5.74, 6) is -0.160. The van der Waals surface area contributed by atoms with Gasteiger partial charge in [0, 0.05) is 89.0 Å². The molecule has 350 valence electrons. The molecule has 2 heterocycles. The fourth-order valence-electron chi connectivity index (χ4n) is 8.06. The normalized spacial score (nSPS) is 13.9. The number of aromatic nitrogens is 1. The smallest absolute Gasteiger partial charge is 0.383 e. The zero-order valence-electron chi connectivity index (χ0n) is 36.1. The van der Waals surface area contributed by atoms with Gasteiger partial charge in [0.1, 0.15) is 10.7 Å². The molecule has 0 bridgehead atoms. The van der Waals surface area contributed by atoms with Crippen molar-refractivity contribution >= 4 is 75.8 Å². The van der Waals surface area contributed by atoms with Gasteiger partial charge in [0.2, 0.25) is 0 Å². The molecule has 2 N–H and O–H groups in total. The molecule has 0 saturated carbocycles. The summed E-state index contributed by atoms with van der Waals surface area (Å²) < 4.78 is 141. The molecule has 0 atom stereocenters. The van der Waals surface area contributed by atoms with E-state index < -0.39 is 50.8 Å². The van der Waals surface area contributed by atoms with Crippen LogP contribution in [-0.4, -0.2) is 80.1 Å². The SMILES string of the molecule is Cc1c(S(C)(=O)=O)c(-c2cc(F)cc(N3CCN(c4ccc(NS(=O)(=O)c5ccc(NCCSc6ccccc6)c(S(=O)(=O)C(F)(F)F)c5)cc4)CC3)c2)c(-c2ccc(Cl)cc2)n1C(C)C. The summed E-state index contributed by atoms with van der Waals surface area (Å²) in [5.41, 5.74) is -2.03. The van der Waals surface area contributed by atoms with Crippen LogP contribution < -0.4 is 19.8 Å². The second-order valence-corrected chi connectivity index (χ2v) is 23.1. The molecule has 1 aliphatic heterocycles. The van der Waals surface area contributed by atoms with Gasteiger partial charge in [-0.1, -0.05) is 41.9 Å². The van der Waals surface area contributed by atoms with E-state index in [2.05, 4.69) is 10.0 Å². The first-order valence-corrected chi connectivity index (χ1v) is 26.8. The van der Waals surface area contributed by atoms with Crippen molar-refractivity contribution in [2.45, 2.75) is 51.9 Å². The number of anilines is 4. The first-order chi connectivity index (χ1) is 31.0. The standard InChI is InChI=1S/C46H46ClF4N5O6S4/c1-30(2)56-31(3)45(64(4,57)58)43(44(56)32-10-12-34(47)13-11-32)33-26-35(48)28-38(27-33)55-23-21-54(22-24-55)37-16-14-36(15-17-37)53-66(61,62)40-18-19-41(42(29-40)65(59,60)46(49,50)51)52-20-25-63-39-8-6-5-7-9-39/h5-19,26-30,52-53H,20-25H2,1-4H3. The van der Waals surface area contributed by atoms with Gasteiger partial charge in [-0.05, 0) is 117 Å². The molecular weight excluding hydrogens is 958 g/mol. The highest BCUT2D eigenvalue weighted by molar-refractivity contribution is 7.99. The average molecular weight is 1000 g/mol. The van der Waals surface area contributed by atoms with E-state index >= 15 is 4.39 Å². The highest BCUT2D eigenvalue weighted by atomic mass is 35.5. The molecule has 1 saturated heterocycles. The second-order valence-electron chi connectivity index (χ2n) is 15.9. The van der Waals surface area contributed by atoms with E-state index in [1.54, 1.807) is 37.3 Å². The Bertz CT molecular complexity index is 3070. The zero-order chi connectivity index (χ0) is 47.8. The van der Waals surface area contributed by atoms with Gasteiger partial charge in [-0.3, -0.25) is 4.72 Å². The minimum Gasteiger partial charge on any atom is -0.383 e. The quantitative estimate of drug-likeness (QED) is 0.0581. The first kappa shape index (κ1) is 48.7. The van der Waals surface area contributed by atoms with Gasteiger partial charge in [-0.25, -0.2) is 29.6 Å². The molecule has 20 heteroatoms. The van der Waals surface area contributed by atoms with Gasteiger partial charge < -0.3 is 19.7 Å². The van der Waals surface area contributed by atoms with Gasteiger partial charge in [0.25, 0.3) is 19.9 Å². The molecule has 5 aromatic carbocycles. The third kappa shape index (κ3) is 10.5. The number of nitrogens with zero attached hydrogens (tertiary/aromatic N) is 3. The van der Waals surface area contributed by atoms with E-state index in [4.69, 9.17) is 11.6 Å². The van der Waals surface area contributed by atoms with Crippen molar-refractivity contribution in [3.8, 4) is 22.4 Å². The van der Waals surface area contributed by atoms with Crippen LogP contribution in [0, 0.1) is 12.7 Å². The number of hydrogen-bond acceptors (Lipinski definition) is 10. The third-order valence-electron chi connectivity index (χ3n) is 11.0. The van der Waals surface area contributed by atoms with Crippen molar-refractivity contribution in [2.75, 3.05) is 64.6 Å². The van der Waals surface area contributed by atoms with E-state index in [-0.39, 0.29) is 28.9 Å². The van der Waals surface area contributed by atoms with E-state index in [9.17, 15) is 38.4 Å². The Kier molecular flexibility index (Phi) is 14.2. The maximum Gasteiger partial charge on any atom is 0.501 e. The lowest BCUT2D eigenvalue weighted by Crippen LogP contribution is -2.46. The van der Waals surface area contributed by atoms with Crippen molar-refractivity contribution in [3.05, 3.63) is 132 Å². The number of thioether (sulfide) groups is 1. The molecule has 1 fully saturated rings. The fraction of sp³-hybridized carbons (Fsp3) is 0.261. The summed E-state index contributed by atoms with van der Waals surface area (Å²) in [6.07, 6.45) is 1.15. The fourth-order valence-corrected chi connectivity index (χ4v) is 12.3. The average Bonchev–Trinajstić information content (AvgIpc) is 3.59. The van der Waals surface area contributed by atoms with Gasteiger partial charge in [-0.2, -0.15) is 13.2 Å². The molecule has 1 aliphatic rings. The van der Waals surface area contributed by atoms with Crippen molar-refractivity contribution < 1.29 is 42.8 Å². The number of alkyl halides is 3. The van der Waals surface area contributed by atoms with Gasteiger partial charge in [0.05, 0.1) is 21.2 Å². The highest BCUT2D eigenvalue weighted by Crippen LogP contribution is 2.45. The molecule has 0 unspecified atom stereocenters. The van der Waals surface area contributed by atoms with Crippen molar-refractivity contribution in [3.63, 3.8) is 0 Å². The van der Waals surface area contributed by atoms with Crippen molar-refractivity contribution in [2.24, 2.45) is 0 Å². The van der Waals surface area contributed by atoms with Crippen LogP contribution in [0.2, 0.25) is 5.02 Å². The molecule has 0 amide bonds. The largest absolute Gasteiger partial charge is 0.501 e. The van der Waals surface area contributed by atoms with E-state index in [0.717, 1.165) is 34.5 Å². The van der Waals surface area contributed by atoms with Crippen LogP contribution in [0.15, 0.2) is 135 Å². The Balaban J connectivity index is 1.07. The number of piperazine rings is 1. The number of halogens is 5. The lowest BCUT2D eigenvalue weighted by molar-refractivity contribution is -0.0435. The minimum absolute atomic E-state index is 0.0815. The first-order valence-electron chi connectivity index (χ1n) is 20.6. The Morgan fingerprint density at radius 1 is 0.758 bits per heavy atom. The summed E-state index contributed by atoms with van der Waals surface area (Å²) in [6.45, 7) is 7.60. The van der Waals surface area contributed by atoms with Crippen LogP contribution in [0.1, 0.15) is 25.6 Å². The predicted octanol–water partition coefficient (Wildman–Crippen LogP) is 10.5. The maximum atomic E-state index is 15.7. The Hall–Kier alpha value is -5.21. The van der Waals surface area contributed by atoms with Crippen LogP contribution in [0.4, 0.5) is 40.3 Å². The number of nitrogens with one attached hydrogen (secondary N) is 2. The van der Waals surface area contributed by atoms with Gasteiger partial charge >= 0.3 is 5.51 Å². The summed E-state index contributed by atoms with van der Waals surface area (Å²) in [6, 6.07) is 29.5. The molecule has 1 aromatic heterocycles. The van der Waals surface area contributed by atoms with Crippen molar-refractivity contribution in [1.29, 1.82) is 0 Å². The summed E-state index contributed by atoms with van der Waals surface area (Å²) in [7, 11) is -14.3. The highest BCUT2D eigenvalue weighted by Gasteiger charge is 2.48. The molecule has 7 rings (SSSR count). The topological polar surface area (TPSA) is 138 Å². The monoisotopic (exact) mass is 1000 g/mol. The number of rotatable bonds is 15. The number of benzene rings is 5. The van der Waals surface area contributed by atoms with Crippen LogP contribution in [-0.2, 0) is 29.7 Å². The molecule has 0 aliphatic carbocycles. The lowest BCUT2D eigenvalue weighted by atomic mass is 9.99. The minimum atomic E-state index is -5.95. The second kappa shape index (κ2) is 19.2.